The van der Waals surface area contributed by atoms with Gasteiger partial charge in [-0.15, -0.1) is 0 Å². The quantitative estimate of drug-likeness (QED) is 0.826. The number of ether oxygens (including phenoxy) is 1. The highest BCUT2D eigenvalue weighted by molar-refractivity contribution is 5.94. The van der Waals surface area contributed by atoms with Crippen molar-refractivity contribution < 1.29 is 14.3 Å². The molecular formula is C19H27N3O3. The van der Waals surface area contributed by atoms with E-state index in [1.807, 2.05) is 24.0 Å². The first-order valence-electron chi connectivity index (χ1n) is 9.10. The zero-order valence-electron chi connectivity index (χ0n) is 14.7. The molecule has 0 bridgehead atoms. The van der Waals surface area contributed by atoms with Gasteiger partial charge in [0.2, 0.25) is 5.91 Å². The molecule has 2 fully saturated rings. The summed E-state index contributed by atoms with van der Waals surface area (Å²) in [6.07, 6.45) is 4.00. The van der Waals surface area contributed by atoms with E-state index in [-0.39, 0.29) is 30.4 Å². The monoisotopic (exact) mass is 345 g/mol. The van der Waals surface area contributed by atoms with Gasteiger partial charge in [-0.1, -0.05) is 6.07 Å². The van der Waals surface area contributed by atoms with E-state index < -0.39 is 0 Å². The molecule has 1 aromatic rings. The summed E-state index contributed by atoms with van der Waals surface area (Å²) in [5.74, 6) is 1.14. The minimum atomic E-state index is -0.0160. The van der Waals surface area contributed by atoms with Crippen LogP contribution in [0.3, 0.4) is 0 Å². The van der Waals surface area contributed by atoms with Crippen LogP contribution in [0.15, 0.2) is 24.3 Å². The Balaban J connectivity index is 1.50. The molecule has 0 spiro atoms. The number of amides is 2. The topological polar surface area (TPSA) is 84.7 Å². The van der Waals surface area contributed by atoms with E-state index in [1.165, 1.54) is 0 Å². The van der Waals surface area contributed by atoms with Gasteiger partial charge in [0.15, 0.2) is 6.61 Å². The van der Waals surface area contributed by atoms with Gasteiger partial charge in [-0.05, 0) is 50.7 Å². The molecule has 6 heteroatoms. The van der Waals surface area contributed by atoms with E-state index in [1.54, 1.807) is 12.1 Å². The molecule has 0 aromatic heterocycles. The van der Waals surface area contributed by atoms with E-state index in [0.29, 0.717) is 23.9 Å². The average Bonchev–Trinajstić information content (AvgIpc) is 3.45. The molecule has 1 aliphatic heterocycles. The van der Waals surface area contributed by atoms with Crippen LogP contribution in [0, 0.1) is 11.8 Å². The van der Waals surface area contributed by atoms with Crippen LogP contribution in [0.25, 0.3) is 0 Å². The van der Waals surface area contributed by atoms with Crippen LogP contribution in [0.1, 0.15) is 32.6 Å². The number of nitrogens with zero attached hydrogens (tertiary/aromatic N) is 1. The summed E-state index contributed by atoms with van der Waals surface area (Å²) in [6, 6.07) is 7.29. The van der Waals surface area contributed by atoms with Crippen molar-refractivity contribution in [1.82, 2.24) is 4.90 Å². The third-order valence-corrected chi connectivity index (χ3v) is 4.97. The van der Waals surface area contributed by atoms with Crippen LogP contribution in [-0.2, 0) is 9.59 Å². The number of hydrogen-bond donors (Lipinski definition) is 2. The van der Waals surface area contributed by atoms with Crippen LogP contribution in [0.4, 0.5) is 5.69 Å². The normalized spacial score (nSPS) is 21.5. The Bertz CT molecular complexity index is 628. The van der Waals surface area contributed by atoms with Gasteiger partial charge in [0, 0.05) is 36.8 Å². The molecule has 2 amide bonds. The molecule has 6 nitrogen and oxygen atoms in total. The van der Waals surface area contributed by atoms with Gasteiger partial charge in [0.05, 0.1) is 0 Å². The number of rotatable bonds is 6. The summed E-state index contributed by atoms with van der Waals surface area (Å²) in [4.78, 5) is 26.1. The number of carbonyl (C=O) groups excluding carboxylic acids is 2. The van der Waals surface area contributed by atoms with Gasteiger partial charge < -0.3 is 20.7 Å². The highest BCUT2D eigenvalue weighted by atomic mass is 16.5. The predicted octanol–water partition coefficient (Wildman–Crippen LogP) is 2.00. The maximum Gasteiger partial charge on any atom is 0.260 e. The van der Waals surface area contributed by atoms with E-state index in [2.05, 4.69) is 5.32 Å². The zero-order chi connectivity index (χ0) is 17.8. The molecule has 1 saturated heterocycles. The highest BCUT2D eigenvalue weighted by Gasteiger charge is 2.29. The van der Waals surface area contributed by atoms with Crippen LogP contribution < -0.4 is 15.8 Å². The van der Waals surface area contributed by atoms with Gasteiger partial charge >= 0.3 is 0 Å². The van der Waals surface area contributed by atoms with Crippen molar-refractivity contribution in [2.45, 2.75) is 38.6 Å². The predicted molar refractivity (Wildman–Crippen MR) is 96.2 cm³/mol. The molecule has 1 saturated carbocycles. The minimum Gasteiger partial charge on any atom is -0.484 e. The lowest BCUT2D eigenvalue weighted by atomic mass is 9.92. The number of nitrogens with one attached hydrogen (secondary N) is 1. The molecule has 1 aliphatic carbocycles. The third kappa shape index (κ3) is 4.95. The average molecular weight is 345 g/mol. The lowest BCUT2D eigenvalue weighted by Crippen LogP contribution is -2.46. The molecule has 1 aromatic carbocycles. The largest absolute Gasteiger partial charge is 0.484 e. The Morgan fingerprint density at radius 2 is 2.16 bits per heavy atom. The third-order valence-electron chi connectivity index (χ3n) is 4.97. The molecule has 136 valence electrons. The van der Waals surface area contributed by atoms with Crippen LogP contribution in [-0.4, -0.2) is 42.5 Å². The molecular weight excluding hydrogens is 318 g/mol. The molecule has 3 rings (SSSR count). The summed E-state index contributed by atoms with van der Waals surface area (Å²) in [7, 11) is 0. The van der Waals surface area contributed by atoms with E-state index in [9.17, 15) is 9.59 Å². The van der Waals surface area contributed by atoms with Crippen LogP contribution in [0.5, 0.6) is 5.75 Å². The minimum absolute atomic E-state index is 0.00565. The van der Waals surface area contributed by atoms with Gasteiger partial charge in [-0.25, -0.2) is 0 Å². The Kier molecular flexibility index (Phi) is 5.58. The summed E-state index contributed by atoms with van der Waals surface area (Å²) in [5.41, 5.74) is 6.68. The summed E-state index contributed by atoms with van der Waals surface area (Å²) in [6.45, 7) is 3.47. The second-order valence-corrected chi connectivity index (χ2v) is 7.18. The van der Waals surface area contributed by atoms with Crippen molar-refractivity contribution in [2.24, 2.45) is 17.6 Å². The van der Waals surface area contributed by atoms with Gasteiger partial charge in [-0.2, -0.15) is 0 Å². The maximum absolute atomic E-state index is 12.4. The van der Waals surface area contributed by atoms with Crippen molar-refractivity contribution in [1.29, 1.82) is 0 Å². The first-order valence-corrected chi connectivity index (χ1v) is 9.10. The molecule has 25 heavy (non-hydrogen) atoms. The molecule has 0 radical (unpaired) electrons. The van der Waals surface area contributed by atoms with Crippen molar-refractivity contribution >= 4 is 17.5 Å². The van der Waals surface area contributed by atoms with Crippen molar-refractivity contribution in [3.8, 4) is 5.75 Å². The van der Waals surface area contributed by atoms with E-state index >= 15 is 0 Å². The molecule has 2 unspecified atom stereocenters. The maximum atomic E-state index is 12.4. The van der Waals surface area contributed by atoms with E-state index in [4.69, 9.17) is 10.5 Å². The first-order chi connectivity index (χ1) is 12.0. The smallest absolute Gasteiger partial charge is 0.260 e. The standard InChI is InChI=1S/C19H27N3O3/c1-13(20)15-4-3-9-22(11-15)18(23)12-25-17-6-2-5-16(10-17)21-19(24)14-7-8-14/h2,5-6,10,13-15H,3-4,7-9,11-12,20H2,1H3,(H,21,24). The number of anilines is 1. The van der Waals surface area contributed by atoms with Crippen LogP contribution in [0.2, 0.25) is 0 Å². The molecule has 3 N–H and O–H groups in total. The summed E-state index contributed by atoms with van der Waals surface area (Å²) >= 11 is 0. The Labute approximate surface area is 148 Å². The second kappa shape index (κ2) is 7.87. The molecule has 2 atom stereocenters. The number of carbonyl (C=O) groups is 2. The zero-order valence-corrected chi connectivity index (χ0v) is 14.7. The van der Waals surface area contributed by atoms with E-state index in [0.717, 1.165) is 32.2 Å². The number of hydrogen-bond acceptors (Lipinski definition) is 4. The number of nitrogens with two attached hydrogens (primary N) is 1. The second-order valence-electron chi connectivity index (χ2n) is 7.18. The van der Waals surface area contributed by atoms with Gasteiger partial charge in [-0.3, -0.25) is 9.59 Å². The number of piperidine rings is 1. The Hall–Kier alpha value is -2.08. The first kappa shape index (κ1) is 17.7. The van der Waals surface area contributed by atoms with Crippen molar-refractivity contribution in [2.75, 3.05) is 25.0 Å². The lowest BCUT2D eigenvalue weighted by Gasteiger charge is -2.34. The Morgan fingerprint density at radius 3 is 2.88 bits per heavy atom. The van der Waals surface area contributed by atoms with Crippen LogP contribution >= 0.6 is 0 Å². The fourth-order valence-electron chi connectivity index (χ4n) is 3.16. The number of benzene rings is 1. The van der Waals surface area contributed by atoms with Crippen molar-refractivity contribution in [3.05, 3.63) is 24.3 Å². The lowest BCUT2D eigenvalue weighted by molar-refractivity contribution is -0.135. The van der Waals surface area contributed by atoms with Crippen molar-refractivity contribution in [3.63, 3.8) is 0 Å². The Morgan fingerprint density at radius 1 is 1.36 bits per heavy atom. The molecule has 1 heterocycles. The fraction of sp³-hybridized carbons (Fsp3) is 0.579. The SMILES string of the molecule is CC(N)C1CCCN(C(=O)COc2cccc(NC(=O)C3CC3)c2)C1. The fourth-order valence-corrected chi connectivity index (χ4v) is 3.16. The summed E-state index contributed by atoms with van der Waals surface area (Å²) in [5, 5.41) is 2.89. The van der Waals surface area contributed by atoms with Gasteiger partial charge in [0.1, 0.15) is 5.75 Å². The summed E-state index contributed by atoms with van der Waals surface area (Å²) < 4.78 is 5.64. The number of likely N-dealkylation sites (tertiary alicyclic amines) is 1. The molecule has 2 aliphatic rings. The van der Waals surface area contributed by atoms with Gasteiger partial charge in [0.25, 0.3) is 5.91 Å². The highest BCUT2D eigenvalue weighted by Crippen LogP contribution is 2.30.